The van der Waals surface area contributed by atoms with Crippen molar-refractivity contribution in [2.24, 2.45) is 0 Å². The highest BCUT2D eigenvalue weighted by Gasteiger charge is 2.20. The predicted molar refractivity (Wildman–Crippen MR) is 114 cm³/mol. The molecule has 1 aliphatic rings. The Morgan fingerprint density at radius 2 is 1.87 bits per heavy atom. The number of amides is 1. The maximum atomic E-state index is 12.6. The van der Waals surface area contributed by atoms with E-state index in [-0.39, 0.29) is 17.3 Å². The van der Waals surface area contributed by atoms with Crippen LogP contribution in [-0.4, -0.2) is 47.3 Å². The Bertz CT molecular complexity index is 1160. The van der Waals surface area contributed by atoms with E-state index in [4.69, 9.17) is 0 Å². The largest absolute Gasteiger partial charge is 0.348 e. The number of sulfonamides is 1. The number of imidazole rings is 1. The highest BCUT2D eigenvalue weighted by molar-refractivity contribution is 7.89. The van der Waals surface area contributed by atoms with Gasteiger partial charge in [-0.2, -0.15) is 0 Å². The number of hydrogen-bond donors (Lipinski definition) is 1. The number of fused-ring (bicyclic) bond motifs is 1. The highest BCUT2D eigenvalue weighted by atomic mass is 32.2. The van der Waals surface area contributed by atoms with Crippen LogP contribution in [0.1, 0.15) is 47.6 Å². The normalized spacial score (nSPS) is 15.2. The number of rotatable bonds is 6. The summed E-state index contributed by atoms with van der Waals surface area (Å²) in [7, 11) is -0.482. The summed E-state index contributed by atoms with van der Waals surface area (Å²) in [5.74, 6) is -0.246. The van der Waals surface area contributed by atoms with Gasteiger partial charge >= 0.3 is 0 Å². The quantitative estimate of drug-likeness (QED) is 0.652. The molecule has 0 radical (unpaired) electrons. The number of aromatic nitrogens is 3. The Labute approximate surface area is 176 Å². The highest BCUT2D eigenvalue weighted by Crippen LogP contribution is 2.31. The first-order chi connectivity index (χ1) is 14.4. The van der Waals surface area contributed by atoms with E-state index in [1.54, 1.807) is 36.5 Å². The predicted octanol–water partition coefficient (Wildman–Crippen LogP) is 2.73. The fraction of sp³-hybridized carbons (Fsp3) is 0.381. The van der Waals surface area contributed by atoms with E-state index in [1.807, 2.05) is 6.33 Å². The number of hydrogen-bond acceptors (Lipinski definition) is 5. The number of carbonyl (C=O) groups is 1. The van der Waals surface area contributed by atoms with Gasteiger partial charge in [-0.1, -0.05) is 25.0 Å². The van der Waals surface area contributed by atoms with Crippen LogP contribution < -0.4 is 5.32 Å². The second-order valence-electron chi connectivity index (χ2n) is 7.77. The molecule has 158 valence electrons. The lowest BCUT2D eigenvalue weighted by atomic mass is 10.2. The maximum Gasteiger partial charge on any atom is 0.253 e. The Morgan fingerprint density at radius 1 is 1.17 bits per heavy atom. The number of carbonyl (C=O) groups excluding carboxylic acids is 1. The smallest absolute Gasteiger partial charge is 0.253 e. The van der Waals surface area contributed by atoms with E-state index in [1.165, 1.54) is 31.2 Å². The molecule has 1 saturated carbocycles. The minimum absolute atomic E-state index is 0.218. The van der Waals surface area contributed by atoms with Crippen LogP contribution in [0.2, 0.25) is 0 Å². The van der Waals surface area contributed by atoms with E-state index in [2.05, 4.69) is 19.9 Å². The zero-order chi connectivity index (χ0) is 21.3. The molecular weight excluding hydrogens is 402 g/mol. The first kappa shape index (κ1) is 20.5. The average molecular weight is 428 g/mol. The molecule has 2 aromatic heterocycles. The van der Waals surface area contributed by atoms with Crippen LogP contribution in [0.3, 0.4) is 0 Å². The van der Waals surface area contributed by atoms with E-state index < -0.39 is 10.0 Å². The molecule has 1 N–H and O–H groups in total. The summed E-state index contributed by atoms with van der Waals surface area (Å²) in [6, 6.07) is 8.68. The topological polar surface area (TPSA) is 97.2 Å². The molecule has 1 aromatic carbocycles. The second-order valence-corrected chi connectivity index (χ2v) is 9.92. The molecule has 2 heterocycles. The molecule has 0 aliphatic heterocycles. The molecular formula is C21H25N5O3S. The molecule has 0 bridgehead atoms. The van der Waals surface area contributed by atoms with Crippen LogP contribution in [0.25, 0.3) is 11.2 Å². The number of benzene rings is 1. The lowest BCUT2D eigenvalue weighted by Gasteiger charge is -2.12. The second kappa shape index (κ2) is 8.16. The fourth-order valence-corrected chi connectivity index (χ4v) is 4.67. The standard InChI is InChI=1S/C21H25N5O3S/c1-25(2)30(28,29)18-9-7-15(8-10-18)12-23-21(27)16-11-19-20(22-13-16)26(14-24-19)17-5-3-4-6-17/h7-11,13-14,17H,3-6,12H2,1-2H3,(H,23,27). The van der Waals surface area contributed by atoms with Gasteiger partial charge < -0.3 is 9.88 Å². The Balaban J connectivity index is 1.43. The molecule has 1 fully saturated rings. The monoisotopic (exact) mass is 427 g/mol. The van der Waals surface area contributed by atoms with Gasteiger partial charge in [-0.15, -0.1) is 0 Å². The van der Waals surface area contributed by atoms with Crippen molar-refractivity contribution in [3.05, 3.63) is 54.0 Å². The third kappa shape index (κ3) is 3.95. The van der Waals surface area contributed by atoms with Crippen LogP contribution in [0, 0.1) is 0 Å². The molecule has 30 heavy (non-hydrogen) atoms. The summed E-state index contributed by atoms with van der Waals surface area (Å²) < 4.78 is 27.5. The van der Waals surface area contributed by atoms with Gasteiger partial charge in [-0.05, 0) is 36.6 Å². The Morgan fingerprint density at radius 3 is 2.53 bits per heavy atom. The van der Waals surface area contributed by atoms with E-state index in [0.29, 0.717) is 17.1 Å². The molecule has 1 amide bonds. The summed E-state index contributed by atoms with van der Waals surface area (Å²) in [5, 5.41) is 2.85. The molecule has 0 spiro atoms. The van der Waals surface area contributed by atoms with Gasteiger partial charge in [-0.3, -0.25) is 4.79 Å². The van der Waals surface area contributed by atoms with E-state index in [9.17, 15) is 13.2 Å². The summed E-state index contributed by atoms with van der Waals surface area (Å²) >= 11 is 0. The molecule has 0 atom stereocenters. The van der Waals surface area contributed by atoms with E-state index in [0.717, 1.165) is 24.1 Å². The summed E-state index contributed by atoms with van der Waals surface area (Å²) in [5.41, 5.74) is 2.79. The van der Waals surface area contributed by atoms with Crippen LogP contribution in [0.15, 0.2) is 47.8 Å². The molecule has 1 aliphatic carbocycles. The van der Waals surface area contributed by atoms with Gasteiger partial charge in [0, 0.05) is 32.9 Å². The van der Waals surface area contributed by atoms with Crippen molar-refractivity contribution in [1.82, 2.24) is 24.2 Å². The minimum atomic E-state index is -3.46. The van der Waals surface area contributed by atoms with Crippen molar-refractivity contribution in [1.29, 1.82) is 0 Å². The molecule has 4 rings (SSSR count). The van der Waals surface area contributed by atoms with Crippen LogP contribution >= 0.6 is 0 Å². The number of pyridine rings is 1. The first-order valence-corrected chi connectivity index (χ1v) is 11.4. The zero-order valence-corrected chi connectivity index (χ0v) is 17.9. The minimum Gasteiger partial charge on any atom is -0.348 e. The molecule has 9 heteroatoms. The first-order valence-electron chi connectivity index (χ1n) is 9.98. The molecule has 0 unspecified atom stereocenters. The van der Waals surface area contributed by atoms with Gasteiger partial charge in [-0.25, -0.2) is 22.7 Å². The Kier molecular flexibility index (Phi) is 5.57. The fourth-order valence-electron chi connectivity index (χ4n) is 3.77. The van der Waals surface area contributed by atoms with Gasteiger partial charge in [0.2, 0.25) is 10.0 Å². The summed E-state index contributed by atoms with van der Waals surface area (Å²) in [4.78, 5) is 21.7. The van der Waals surface area contributed by atoms with Gasteiger partial charge in [0.05, 0.1) is 16.8 Å². The number of nitrogens with zero attached hydrogens (tertiary/aromatic N) is 4. The summed E-state index contributed by atoms with van der Waals surface area (Å²) in [6.07, 6.45) is 8.14. The van der Waals surface area contributed by atoms with Crippen molar-refractivity contribution in [3.63, 3.8) is 0 Å². The molecule has 0 saturated heterocycles. The van der Waals surface area contributed by atoms with Gasteiger partial charge in [0.15, 0.2) is 5.65 Å². The summed E-state index contributed by atoms with van der Waals surface area (Å²) in [6.45, 7) is 0.287. The van der Waals surface area contributed by atoms with Crippen LogP contribution in [0.4, 0.5) is 0 Å². The van der Waals surface area contributed by atoms with Crippen LogP contribution in [-0.2, 0) is 16.6 Å². The average Bonchev–Trinajstić information content (AvgIpc) is 3.41. The van der Waals surface area contributed by atoms with Crippen molar-refractivity contribution in [3.8, 4) is 0 Å². The third-order valence-electron chi connectivity index (χ3n) is 5.55. The SMILES string of the molecule is CN(C)S(=O)(=O)c1ccc(CNC(=O)c2cnc3c(c2)ncn3C2CCCC2)cc1. The molecule has 3 aromatic rings. The van der Waals surface area contributed by atoms with Crippen molar-refractivity contribution >= 4 is 27.1 Å². The van der Waals surface area contributed by atoms with Gasteiger partial charge in [0.1, 0.15) is 5.52 Å². The third-order valence-corrected chi connectivity index (χ3v) is 7.38. The Hall–Kier alpha value is -2.78. The van der Waals surface area contributed by atoms with E-state index >= 15 is 0 Å². The van der Waals surface area contributed by atoms with Crippen molar-refractivity contribution in [2.45, 2.75) is 43.2 Å². The van der Waals surface area contributed by atoms with Crippen LogP contribution in [0.5, 0.6) is 0 Å². The van der Waals surface area contributed by atoms with Gasteiger partial charge in [0.25, 0.3) is 5.91 Å². The maximum absolute atomic E-state index is 12.6. The van der Waals surface area contributed by atoms with Crippen molar-refractivity contribution < 1.29 is 13.2 Å². The number of nitrogens with one attached hydrogen (secondary N) is 1. The lowest BCUT2D eigenvalue weighted by Crippen LogP contribution is -2.23. The zero-order valence-electron chi connectivity index (χ0n) is 17.1. The van der Waals surface area contributed by atoms with Crippen molar-refractivity contribution in [2.75, 3.05) is 14.1 Å². The lowest BCUT2D eigenvalue weighted by molar-refractivity contribution is 0.0950. The molecule has 8 nitrogen and oxygen atoms in total.